The van der Waals surface area contributed by atoms with Crippen LogP contribution in [0, 0.1) is 11.5 Å². The van der Waals surface area contributed by atoms with Crippen LogP contribution in [0.25, 0.3) is 0 Å². The highest BCUT2D eigenvalue weighted by atomic mass is 28.3. The minimum atomic E-state index is -1.24. The van der Waals surface area contributed by atoms with E-state index in [9.17, 15) is 4.79 Å². The van der Waals surface area contributed by atoms with Crippen molar-refractivity contribution >= 4 is 14.0 Å². The van der Waals surface area contributed by atoms with E-state index in [2.05, 4.69) is 31.1 Å². The minimum absolute atomic E-state index is 0.269. The lowest BCUT2D eigenvalue weighted by molar-refractivity contribution is -0.117. The van der Waals surface area contributed by atoms with Crippen LogP contribution in [0.3, 0.4) is 0 Å². The number of nitrogens with two attached hydrogens (primary N) is 1. The standard InChI is InChI=1S/C8H15NOSi/c1-11(2,3)7-5-4-6-8(9)10/h4,6H2,1-3H3,(H2,9,10). The van der Waals surface area contributed by atoms with Crippen molar-refractivity contribution in [1.82, 2.24) is 0 Å². The molecule has 0 saturated heterocycles. The van der Waals surface area contributed by atoms with Crippen LogP contribution in [0.15, 0.2) is 0 Å². The summed E-state index contributed by atoms with van der Waals surface area (Å²) in [6.07, 6.45) is 0.997. The summed E-state index contributed by atoms with van der Waals surface area (Å²) < 4.78 is 0. The molecular formula is C8H15NOSi. The molecule has 0 aliphatic heterocycles. The molecule has 0 heterocycles. The van der Waals surface area contributed by atoms with Gasteiger partial charge < -0.3 is 5.73 Å². The average molecular weight is 169 g/mol. The molecule has 0 aromatic carbocycles. The van der Waals surface area contributed by atoms with Crippen molar-refractivity contribution in [3.63, 3.8) is 0 Å². The Hall–Kier alpha value is -0.753. The first-order chi connectivity index (χ1) is 4.92. The molecule has 0 bridgehead atoms. The molecule has 2 nitrogen and oxygen atoms in total. The number of hydrogen-bond acceptors (Lipinski definition) is 1. The molecule has 0 aromatic heterocycles. The number of hydrogen-bond donors (Lipinski definition) is 1. The van der Waals surface area contributed by atoms with E-state index >= 15 is 0 Å². The van der Waals surface area contributed by atoms with E-state index in [1.54, 1.807) is 0 Å². The smallest absolute Gasteiger partial charge is 0.218 e. The lowest BCUT2D eigenvalue weighted by atomic mass is 10.3. The third-order valence-corrected chi connectivity index (χ3v) is 1.89. The molecule has 62 valence electrons. The van der Waals surface area contributed by atoms with Gasteiger partial charge in [0.15, 0.2) is 0 Å². The summed E-state index contributed by atoms with van der Waals surface area (Å²) in [5, 5.41) is 0. The summed E-state index contributed by atoms with van der Waals surface area (Å²) in [5.74, 6) is 2.70. The zero-order valence-corrected chi connectivity index (χ0v) is 8.40. The van der Waals surface area contributed by atoms with Gasteiger partial charge in [-0.3, -0.25) is 4.79 Å². The van der Waals surface area contributed by atoms with Crippen molar-refractivity contribution in [2.45, 2.75) is 32.5 Å². The molecule has 0 spiro atoms. The summed E-state index contributed by atoms with van der Waals surface area (Å²) in [4.78, 5) is 10.3. The molecule has 0 saturated carbocycles. The van der Waals surface area contributed by atoms with E-state index in [-0.39, 0.29) is 5.91 Å². The van der Waals surface area contributed by atoms with E-state index < -0.39 is 8.07 Å². The molecule has 2 N–H and O–H groups in total. The maximum atomic E-state index is 10.3. The number of primary amides is 1. The van der Waals surface area contributed by atoms with Crippen LogP contribution in [-0.4, -0.2) is 14.0 Å². The highest BCUT2D eigenvalue weighted by Gasteiger charge is 2.06. The van der Waals surface area contributed by atoms with E-state index in [1.807, 2.05) is 0 Å². The Labute approximate surface area is 69.2 Å². The number of carbonyl (C=O) groups excluding carboxylic acids is 1. The normalized spacial score (nSPS) is 10.1. The van der Waals surface area contributed by atoms with Crippen LogP contribution < -0.4 is 5.73 Å². The van der Waals surface area contributed by atoms with Gasteiger partial charge in [-0.15, -0.1) is 11.5 Å². The lowest BCUT2D eigenvalue weighted by Gasteiger charge is -2.02. The second-order valence-electron chi connectivity index (χ2n) is 3.52. The maximum absolute atomic E-state index is 10.3. The Morgan fingerprint density at radius 3 is 2.36 bits per heavy atom. The average Bonchev–Trinajstić information content (AvgIpc) is 1.78. The molecule has 0 radical (unpaired) electrons. The fraction of sp³-hybridized carbons (Fsp3) is 0.625. The van der Waals surface area contributed by atoms with Crippen molar-refractivity contribution in [1.29, 1.82) is 0 Å². The first-order valence-corrected chi connectivity index (χ1v) is 7.20. The summed E-state index contributed by atoms with van der Waals surface area (Å²) in [6, 6.07) is 0. The molecule has 3 heteroatoms. The van der Waals surface area contributed by atoms with Gasteiger partial charge in [-0.25, -0.2) is 0 Å². The molecule has 0 aliphatic carbocycles. The van der Waals surface area contributed by atoms with Gasteiger partial charge in [-0.2, -0.15) is 0 Å². The van der Waals surface area contributed by atoms with Gasteiger partial charge in [-0.1, -0.05) is 19.6 Å². The van der Waals surface area contributed by atoms with Crippen LogP contribution in [0.2, 0.25) is 19.6 Å². The number of rotatable bonds is 2. The first-order valence-electron chi connectivity index (χ1n) is 3.70. The largest absolute Gasteiger partial charge is 0.370 e. The molecule has 11 heavy (non-hydrogen) atoms. The number of amides is 1. The second-order valence-corrected chi connectivity index (χ2v) is 8.27. The number of carbonyl (C=O) groups is 1. The molecule has 0 atom stereocenters. The SMILES string of the molecule is C[Si](C)(C)C#CCCC(N)=O. The van der Waals surface area contributed by atoms with Gasteiger partial charge in [0.25, 0.3) is 0 Å². The Kier molecular flexibility index (Phi) is 3.91. The van der Waals surface area contributed by atoms with Crippen LogP contribution in [0.4, 0.5) is 0 Å². The maximum Gasteiger partial charge on any atom is 0.218 e. The molecule has 1 amide bonds. The van der Waals surface area contributed by atoms with Gasteiger partial charge >= 0.3 is 0 Å². The second kappa shape index (κ2) is 4.19. The Morgan fingerprint density at radius 2 is 2.00 bits per heavy atom. The predicted octanol–water partition coefficient (Wildman–Crippen LogP) is 1.13. The van der Waals surface area contributed by atoms with Crippen LogP contribution in [0.5, 0.6) is 0 Å². The quantitative estimate of drug-likeness (QED) is 0.489. The lowest BCUT2D eigenvalue weighted by Crippen LogP contribution is -2.16. The third kappa shape index (κ3) is 9.25. The predicted molar refractivity (Wildman–Crippen MR) is 49.6 cm³/mol. The minimum Gasteiger partial charge on any atom is -0.370 e. The van der Waals surface area contributed by atoms with Gasteiger partial charge in [0, 0.05) is 12.8 Å². The van der Waals surface area contributed by atoms with Crippen LogP contribution in [-0.2, 0) is 4.79 Å². The summed E-state index contributed by atoms with van der Waals surface area (Å²) in [5.41, 5.74) is 8.11. The van der Waals surface area contributed by atoms with Crippen molar-refractivity contribution in [3.8, 4) is 11.5 Å². The first kappa shape index (κ1) is 10.2. The van der Waals surface area contributed by atoms with E-state index in [1.165, 1.54) is 0 Å². The van der Waals surface area contributed by atoms with E-state index in [0.29, 0.717) is 12.8 Å². The van der Waals surface area contributed by atoms with Crippen LogP contribution >= 0.6 is 0 Å². The van der Waals surface area contributed by atoms with Gasteiger partial charge in [-0.05, 0) is 0 Å². The fourth-order valence-corrected chi connectivity index (χ4v) is 1.17. The monoisotopic (exact) mass is 169 g/mol. The molecule has 0 aromatic rings. The zero-order chi connectivity index (χ0) is 8.91. The van der Waals surface area contributed by atoms with Crippen molar-refractivity contribution in [2.75, 3.05) is 0 Å². The van der Waals surface area contributed by atoms with Crippen molar-refractivity contribution < 1.29 is 4.79 Å². The zero-order valence-electron chi connectivity index (χ0n) is 7.40. The molecule has 0 unspecified atom stereocenters. The third-order valence-electron chi connectivity index (χ3n) is 0.960. The molecule has 0 fully saturated rings. The van der Waals surface area contributed by atoms with E-state index in [4.69, 9.17) is 5.73 Å². The Bertz CT molecular complexity index is 194. The van der Waals surface area contributed by atoms with Gasteiger partial charge in [0.1, 0.15) is 8.07 Å². The Morgan fingerprint density at radius 1 is 1.45 bits per heavy atom. The molecule has 0 rings (SSSR count). The van der Waals surface area contributed by atoms with Crippen LogP contribution in [0.1, 0.15) is 12.8 Å². The topological polar surface area (TPSA) is 43.1 Å². The van der Waals surface area contributed by atoms with Crippen molar-refractivity contribution in [3.05, 3.63) is 0 Å². The van der Waals surface area contributed by atoms with Crippen molar-refractivity contribution in [2.24, 2.45) is 5.73 Å². The summed E-state index contributed by atoms with van der Waals surface area (Å²) in [7, 11) is -1.24. The fourth-order valence-electron chi connectivity index (χ4n) is 0.513. The summed E-state index contributed by atoms with van der Waals surface area (Å²) in [6.45, 7) is 6.51. The molecule has 0 aliphatic rings. The highest BCUT2D eigenvalue weighted by molar-refractivity contribution is 6.83. The van der Waals surface area contributed by atoms with E-state index in [0.717, 1.165) is 0 Å². The molecular weight excluding hydrogens is 154 g/mol. The summed E-state index contributed by atoms with van der Waals surface area (Å²) >= 11 is 0. The van der Waals surface area contributed by atoms with Gasteiger partial charge in [0.05, 0.1) is 0 Å². The highest BCUT2D eigenvalue weighted by Crippen LogP contribution is 1.96. The van der Waals surface area contributed by atoms with Gasteiger partial charge in [0.2, 0.25) is 5.91 Å². The Balaban J connectivity index is 3.66.